The third-order valence-electron chi connectivity index (χ3n) is 2.52. The molecular formula is C13H11NO5S2. The second-order valence-electron chi connectivity index (χ2n) is 3.78. The van der Waals surface area contributed by atoms with Gasteiger partial charge in [0.15, 0.2) is 0 Å². The summed E-state index contributed by atoms with van der Waals surface area (Å²) in [5.74, 6) is 0.0255. The molecule has 0 aliphatic carbocycles. The number of rotatable bonds is 5. The highest BCUT2D eigenvalue weighted by Crippen LogP contribution is 2.43. The minimum atomic E-state index is -0.588. The van der Waals surface area contributed by atoms with E-state index in [1.807, 2.05) is 12.1 Å². The average Bonchev–Trinajstić information content (AvgIpc) is 2.91. The second kappa shape index (κ2) is 6.59. The third-order valence-corrected chi connectivity index (χ3v) is 4.81. The zero-order chi connectivity index (χ0) is 15.4. The lowest BCUT2D eigenvalue weighted by Gasteiger charge is -2.05. The monoisotopic (exact) mass is 325 g/mol. The fourth-order valence-corrected chi connectivity index (χ4v) is 3.67. The molecular weight excluding hydrogens is 314 g/mol. The van der Waals surface area contributed by atoms with E-state index in [2.05, 4.69) is 4.74 Å². The number of esters is 1. The highest BCUT2D eigenvalue weighted by atomic mass is 32.2. The maximum absolute atomic E-state index is 11.5. The Morgan fingerprint density at radius 2 is 2.00 bits per heavy atom. The van der Waals surface area contributed by atoms with Gasteiger partial charge in [0.2, 0.25) is 0 Å². The molecule has 2 rings (SSSR count). The number of nitro groups is 1. The zero-order valence-electron chi connectivity index (χ0n) is 11.2. The molecule has 110 valence electrons. The molecule has 2 aromatic rings. The molecule has 0 saturated carbocycles. The normalized spacial score (nSPS) is 10.2. The van der Waals surface area contributed by atoms with Crippen LogP contribution in [0.2, 0.25) is 0 Å². The lowest BCUT2D eigenvalue weighted by atomic mass is 10.3. The Bertz CT molecular complexity index is 683. The van der Waals surface area contributed by atoms with Crippen molar-refractivity contribution in [1.82, 2.24) is 0 Å². The maximum atomic E-state index is 11.5. The van der Waals surface area contributed by atoms with Crippen LogP contribution in [0, 0.1) is 10.1 Å². The van der Waals surface area contributed by atoms with Crippen molar-refractivity contribution in [3.8, 4) is 5.75 Å². The molecule has 1 heterocycles. The van der Waals surface area contributed by atoms with Crippen molar-refractivity contribution in [1.29, 1.82) is 0 Å². The van der Waals surface area contributed by atoms with Gasteiger partial charge in [-0.1, -0.05) is 35.2 Å². The molecule has 0 unspecified atom stereocenters. The van der Waals surface area contributed by atoms with Crippen LogP contribution in [0.1, 0.15) is 9.67 Å². The number of carbonyl (C=O) groups is 1. The van der Waals surface area contributed by atoms with Crippen molar-refractivity contribution in [2.75, 3.05) is 14.2 Å². The maximum Gasteiger partial charge on any atom is 0.348 e. The topological polar surface area (TPSA) is 78.7 Å². The van der Waals surface area contributed by atoms with Crippen LogP contribution >= 0.6 is 23.1 Å². The number of hydrogen-bond acceptors (Lipinski definition) is 7. The van der Waals surface area contributed by atoms with E-state index < -0.39 is 10.9 Å². The standard InChI is InChI=1S/C13H11NO5S2/c1-18-8-5-3-4-6-9(8)20-10-7-11(13(15)19-2)21-12(10)14(16)17/h3-7H,1-2H3. The summed E-state index contributed by atoms with van der Waals surface area (Å²) in [6.07, 6.45) is 0. The summed E-state index contributed by atoms with van der Waals surface area (Å²) in [6, 6.07) is 8.64. The number of carbonyl (C=O) groups excluding carboxylic acids is 1. The molecule has 1 aromatic carbocycles. The summed E-state index contributed by atoms with van der Waals surface area (Å²) in [7, 11) is 2.77. The van der Waals surface area contributed by atoms with E-state index in [9.17, 15) is 14.9 Å². The van der Waals surface area contributed by atoms with Crippen LogP contribution in [0.4, 0.5) is 5.00 Å². The van der Waals surface area contributed by atoms with Crippen LogP contribution in [0.25, 0.3) is 0 Å². The summed E-state index contributed by atoms with van der Waals surface area (Å²) in [6.45, 7) is 0. The van der Waals surface area contributed by atoms with Gasteiger partial charge in [-0.2, -0.15) is 0 Å². The number of methoxy groups -OCH3 is 2. The SMILES string of the molecule is COC(=O)c1cc(Sc2ccccc2OC)c([N+](=O)[O-])s1. The number of ether oxygens (including phenoxy) is 2. The number of para-hydroxylation sites is 1. The van der Waals surface area contributed by atoms with Crippen LogP contribution in [-0.2, 0) is 4.74 Å². The van der Waals surface area contributed by atoms with Crippen LogP contribution in [0.3, 0.4) is 0 Å². The smallest absolute Gasteiger partial charge is 0.348 e. The van der Waals surface area contributed by atoms with Gasteiger partial charge < -0.3 is 9.47 Å². The van der Waals surface area contributed by atoms with Crippen molar-refractivity contribution in [3.63, 3.8) is 0 Å². The van der Waals surface area contributed by atoms with E-state index in [1.165, 1.54) is 32.0 Å². The van der Waals surface area contributed by atoms with E-state index in [0.29, 0.717) is 10.6 Å². The van der Waals surface area contributed by atoms with Crippen molar-refractivity contribution in [2.24, 2.45) is 0 Å². The average molecular weight is 325 g/mol. The van der Waals surface area contributed by atoms with Crippen molar-refractivity contribution >= 4 is 34.1 Å². The van der Waals surface area contributed by atoms with Gasteiger partial charge in [0.25, 0.3) is 0 Å². The van der Waals surface area contributed by atoms with E-state index in [0.717, 1.165) is 16.2 Å². The van der Waals surface area contributed by atoms with Gasteiger partial charge in [-0.05, 0) is 18.2 Å². The number of nitrogens with zero attached hydrogens (tertiary/aromatic N) is 1. The zero-order valence-corrected chi connectivity index (χ0v) is 12.8. The molecule has 0 spiro atoms. The summed E-state index contributed by atoms with van der Waals surface area (Å²) >= 11 is 1.98. The molecule has 0 amide bonds. The molecule has 0 aliphatic rings. The van der Waals surface area contributed by atoms with Gasteiger partial charge in [0, 0.05) is 0 Å². The molecule has 0 atom stereocenters. The van der Waals surface area contributed by atoms with Gasteiger partial charge in [0.1, 0.15) is 15.5 Å². The highest BCUT2D eigenvalue weighted by Gasteiger charge is 2.24. The molecule has 0 saturated heterocycles. The van der Waals surface area contributed by atoms with Crippen molar-refractivity contribution in [2.45, 2.75) is 9.79 Å². The molecule has 0 fully saturated rings. The first-order valence-electron chi connectivity index (χ1n) is 5.74. The third kappa shape index (κ3) is 3.34. The fraction of sp³-hybridized carbons (Fsp3) is 0.154. The predicted octanol–water partition coefficient (Wildman–Crippen LogP) is 3.60. The van der Waals surface area contributed by atoms with Crippen molar-refractivity contribution < 1.29 is 19.2 Å². The second-order valence-corrected chi connectivity index (χ2v) is 5.90. The first kappa shape index (κ1) is 15.3. The molecule has 0 N–H and O–H groups in total. The summed E-state index contributed by atoms with van der Waals surface area (Å²) in [4.78, 5) is 23.4. The Morgan fingerprint density at radius 1 is 1.29 bits per heavy atom. The van der Waals surface area contributed by atoms with Crippen LogP contribution < -0.4 is 4.74 Å². The Labute approximate surface area is 128 Å². The Balaban J connectivity index is 2.41. The van der Waals surface area contributed by atoms with E-state index in [4.69, 9.17) is 4.74 Å². The van der Waals surface area contributed by atoms with Gasteiger partial charge >= 0.3 is 11.0 Å². The quantitative estimate of drug-likeness (QED) is 0.475. The number of hydrogen-bond donors (Lipinski definition) is 0. The Hall–Kier alpha value is -2.06. The molecule has 8 heteroatoms. The molecule has 0 bridgehead atoms. The van der Waals surface area contributed by atoms with E-state index in [1.54, 1.807) is 12.1 Å². The van der Waals surface area contributed by atoms with Gasteiger partial charge in [-0.15, -0.1) is 0 Å². The largest absolute Gasteiger partial charge is 0.496 e. The van der Waals surface area contributed by atoms with Gasteiger partial charge in [-0.25, -0.2) is 4.79 Å². The van der Waals surface area contributed by atoms with E-state index >= 15 is 0 Å². The summed E-state index contributed by atoms with van der Waals surface area (Å²) in [5, 5.41) is 11.0. The molecule has 1 aromatic heterocycles. The minimum absolute atomic E-state index is 0.0914. The first-order chi connectivity index (χ1) is 10.1. The number of thiophene rings is 1. The highest BCUT2D eigenvalue weighted by molar-refractivity contribution is 7.99. The van der Waals surface area contributed by atoms with E-state index in [-0.39, 0.29) is 9.88 Å². The molecule has 6 nitrogen and oxygen atoms in total. The summed E-state index contributed by atoms with van der Waals surface area (Å²) in [5.41, 5.74) is 0. The van der Waals surface area contributed by atoms with Gasteiger partial charge in [0.05, 0.1) is 24.0 Å². The molecule has 0 radical (unpaired) electrons. The number of benzene rings is 1. The Morgan fingerprint density at radius 3 is 2.62 bits per heavy atom. The van der Waals surface area contributed by atoms with Crippen LogP contribution in [0.5, 0.6) is 5.75 Å². The predicted molar refractivity (Wildman–Crippen MR) is 79.4 cm³/mol. The molecule has 21 heavy (non-hydrogen) atoms. The lowest BCUT2D eigenvalue weighted by Crippen LogP contribution is -1.96. The van der Waals surface area contributed by atoms with Crippen LogP contribution in [-0.4, -0.2) is 25.1 Å². The van der Waals surface area contributed by atoms with Gasteiger partial charge in [-0.3, -0.25) is 10.1 Å². The summed E-state index contributed by atoms with van der Waals surface area (Å²) < 4.78 is 9.81. The van der Waals surface area contributed by atoms with Crippen LogP contribution in [0.15, 0.2) is 40.1 Å². The minimum Gasteiger partial charge on any atom is -0.496 e. The first-order valence-corrected chi connectivity index (χ1v) is 7.37. The molecule has 0 aliphatic heterocycles. The lowest BCUT2D eigenvalue weighted by molar-refractivity contribution is -0.382. The van der Waals surface area contributed by atoms with Crippen molar-refractivity contribution in [3.05, 3.63) is 45.3 Å². The Kier molecular flexibility index (Phi) is 4.81. The fourth-order valence-electron chi connectivity index (χ4n) is 1.59.